The van der Waals surface area contributed by atoms with E-state index in [-0.39, 0.29) is 11.9 Å². The van der Waals surface area contributed by atoms with Gasteiger partial charge in [-0.15, -0.1) is 0 Å². The summed E-state index contributed by atoms with van der Waals surface area (Å²) in [5.41, 5.74) is 2.73. The average Bonchev–Trinajstić information content (AvgIpc) is 3.17. The third-order valence-corrected chi connectivity index (χ3v) is 4.71. The highest BCUT2D eigenvalue weighted by Gasteiger charge is 2.17. The second-order valence-corrected chi connectivity index (χ2v) is 7.25. The molecule has 0 spiro atoms. The molecule has 0 atom stereocenters. The Morgan fingerprint density at radius 2 is 1.71 bits per heavy atom. The predicted octanol–water partition coefficient (Wildman–Crippen LogP) is 5.95. The summed E-state index contributed by atoms with van der Waals surface area (Å²) < 4.78 is 6.02. The number of aromatic nitrogens is 1. The van der Waals surface area contributed by atoms with E-state index in [0.717, 1.165) is 16.5 Å². The van der Waals surface area contributed by atoms with Crippen molar-refractivity contribution in [3.05, 3.63) is 77.3 Å². The van der Waals surface area contributed by atoms with Gasteiger partial charge in [0.2, 0.25) is 0 Å². The molecule has 2 aromatic carbocycles. The molecule has 0 fully saturated rings. The van der Waals surface area contributed by atoms with Gasteiger partial charge in [-0.25, -0.2) is 4.98 Å². The van der Waals surface area contributed by atoms with Crippen molar-refractivity contribution in [2.45, 2.75) is 19.9 Å². The minimum Gasteiger partial charge on any atom is -0.454 e. The first-order chi connectivity index (χ1) is 13.5. The number of pyridine rings is 1. The molecule has 2 heterocycles. The number of nitrogens with zero attached hydrogens (tertiary/aromatic N) is 1. The van der Waals surface area contributed by atoms with E-state index in [1.807, 2.05) is 74.5 Å². The van der Waals surface area contributed by atoms with Crippen LogP contribution in [0.1, 0.15) is 24.2 Å². The van der Waals surface area contributed by atoms with Gasteiger partial charge in [0.25, 0.3) is 5.91 Å². The number of nitrogens with one attached hydrogen (secondary N) is 1. The van der Waals surface area contributed by atoms with Crippen LogP contribution in [0.2, 0.25) is 5.02 Å². The zero-order valence-corrected chi connectivity index (χ0v) is 16.3. The van der Waals surface area contributed by atoms with Gasteiger partial charge in [0, 0.05) is 17.0 Å². The monoisotopic (exact) mass is 390 g/mol. The Balaban J connectivity index is 1.82. The largest absolute Gasteiger partial charge is 0.454 e. The number of hydrogen-bond acceptors (Lipinski definition) is 3. The molecule has 0 aliphatic carbocycles. The van der Waals surface area contributed by atoms with Gasteiger partial charge in [-0.3, -0.25) is 4.79 Å². The van der Waals surface area contributed by atoms with Crippen LogP contribution in [0.25, 0.3) is 33.7 Å². The molecule has 2 aromatic heterocycles. The highest BCUT2D eigenvalue weighted by atomic mass is 35.5. The lowest BCUT2D eigenvalue weighted by Gasteiger charge is -2.11. The fourth-order valence-corrected chi connectivity index (χ4v) is 3.34. The van der Waals surface area contributed by atoms with E-state index in [4.69, 9.17) is 21.0 Å². The van der Waals surface area contributed by atoms with E-state index in [2.05, 4.69) is 5.32 Å². The number of carbonyl (C=O) groups excluding carboxylic acids is 1. The Morgan fingerprint density at radius 3 is 2.50 bits per heavy atom. The fraction of sp³-hybridized carbons (Fsp3) is 0.130. The highest BCUT2D eigenvalue weighted by Crippen LogP contribution is 2.33. The van der Waals surface area contributed by atoms with Crippen molar-refractivity contribution in [2.75, 3.05) is 0 Å². The predicted molar refractivity (Wildman–Crippen MR) is 112 cm³/mol. The van der Waals surface area contributed by atoms with Crippen LogP contribution in [0.4, 0.5) is 0 Å². The molecule has 28 heavy (non-hydrogen) atoms. The number of fused-ring (bicyclic) bond motifs is 1. The van der Waals surface area contributed by atoms with Crippen molar-refractivity contribution in [3.8, 4) is 22.8 Å². The molecule has 1 amide bonds. The number of hydrogen-bond donors (Lipinski definition) is 1. The number of furan rings is 1. The summed E-state index contributed by atoms with van der Waals surface area (Å²) in [5, 5.41) is 4.38. The van der Waals surface area contributed by atoms with E-state index < -0.39 is 0 Å². The topological polar surface area (TPSA) is 55.1 Å². The highest BCUT2D eigenvalue weighted by molar-refractivity contribution is 6.33. The van der Waals surface area contributed by atoms with Gasteiger partial charge in [-0.05, 0) is 50.2 Å². The lowest BCUT2D eigenvalue weighted by molar-refractivity contribution is 0.0945. The smallest absolute Gasteiger partial charge is 0.252 e. The second-order valence-electron chi connectivity index (χ2n) is 6.84. The lowest BCUT2D eigenvalue weighted by atomic mass is 10.1. The molecule has 0 bridgehead atoms. The van der Waals surface area contributed by atoms with E-state index in [9.17, 15) is 4.79 Å². The lowest BCUT2D eigenvalue weighted by Crippen LogP contribution is -2.30. The van der Waals surface area contributed by atoms with Gasteiger partial charge in [0.05, 0.1) is 16.1 Å². The summed E-state index contributed by atoms with van der Waals surface area (Å²) in [4.78, 5) is 17.4. The van der Waals surface area contributed by atoms with Crippen molar-refractivity contribution >= 4 is 28.4 Å². The van der Waals surface area contributed by atoms with Crippen molar-refractivity contribution in [1.29, 1.82) is 0 Å². The molecule has 4 nitrogen and oxygen atoms in total. The van der Waals surface area contributed by atoms with Gasteiger partial charge in [-0.2, -0.15) is 0 Å². The number of amides is 1. The van der Waals surface area contributed by atoms with Crippen molar-refractivity contribution in [2.24, 2.45) is 0 Å². The Bertz CT molecular complexity index is 1160. The number of para-hydroxylation sites is 1. The van der Waals surface area contributed by atoms with E-state index in [0.29, 0.717) is 27.8 Å². The zero-order chi connectivity index (χ0) is 19.7. The zero-order valence-electron chi connectivity index (χ0n) is 15.6. The Hall–Kier alpha value is -3.11. The molecule has 140 valence electrons. The summed E-state index contributed by atoms with van der Waals surface area (Å²) in [6.07, 6.45) is 0. The van der Waals surface area contributed by atoms with Crippen molar-refractivity contribution in [3.63, 3.8) is 0 Å². The van der Waals surface area contributed by atoms with Crippen molar-refractivity contribution < 1.29 is 9.21 Å². The van der Waals surface area contributed by atoms with Crippen LogP contribution >= 0.6 is 11.6 Å². The molecule has 4 aromatic rings. The molecule has 0 radical (unpaired) electrons. The maximum absolute atomic E-state index is 12.7. The third-order valence-electron chi connectivity index (χ3n) is 4.38. The van der Waals surface area contributed by atoms with Gasteiger partial charge in [0.1, 0.15) is 11.5 Å². The number of carbonyl (C=O) groups is 1. The van der Waals surface area contributed by atoms with E-state index in [1.165, 1.54) is 0 Å². The van der Waals surface area contributed by atoms with Gasteiger partial charge < -0.3 is 9.73 Å². The van der Waals surface area contributed by atoms with Crippen LogP contribution in [-0.2, 0) is 0 Å². The minimum atomic E-state index is -0.132. The van der Waals surface area contributed by atoms with Crippen LogP contribution in [0.3, 0.4) is 0 Å². The average molecular weight is 391 g/mol. The van der Waals surface area contributed by atoms with Gasteiger partial charge in [0.15, 0.2) is 5.76 Å². The molecule has 1 N–H and O–H groups in total. The standard InChI is InChI=1S/C23H19ClN2O2/c1-14(2)25-23(27)17-13-20(26-19-10-6-4-7-15(17)19)22-12-11-21(28-22)16-8-3-5-9-18(16)24/h3-14H,1-2H3,(H,25,27). The molecular weight excluding hydrogens is 372 g/mol. The first-order valence-corrected chi connectivity index (χ1v) is 9.46. The third kappa shape index (κ3) is 3.51. The summed E-state index contributed by atoms with van der Waals surface area (Å²) in [6.45, 7) is 3.87. The molecule has 5 heteroatoms. The van der Waals surface area contributed by atoms with E-state index >= 15 is 0 Å². The molecular formula is C23H19ClN2O2. The number of benzene rings is 2. The number of halogens is 1. The molecule has 4 rings (SSSR count). The van der Waals surface area contributed by atoms with Crippen LogP contribution in [0, 0.1) is 0 Å². The maximum atomic E-state index is 12.7. The Labute approximate surface area is 168 Å². The van der Waals surface area contributed by atoms with Crippen LogP contribution in [-0.4, -0.2) is 16.9 Å². The van der Waals surface area contributed by atoms with E-state index in [1.54, 1.807) is 6.07 Å². The normalized spacial score (nSPS) is 11.1. The second kappa shape index (κ2) is 7.49. The van der Waals surface area contributed by atoms with Gasteiger partial charge >= 0.3 is 0 Å². The Morgan fingerprint density at radius 1 is 1.00 bits per heavy atom. The summed E-state index contributed by atoms with van der Waals surface area (Å²) in [5.74, 6) is 1.11. The molecule has 0 aliphatic heterocycles. The first kappa shape index (κ1) is 18.3. The first-order valence-electron chi connectivity index (χ1n) is 9.08. The van der Waals surface area contributed by atoms with Crippen LogP contribution in [0.15, 0.2) is 71.1 Å². The van der Waals surface area contributed by atoms with Crippen molar-refractivity contribution in [1.82, 2.24) is 10.3 Å². The molecule has 0 aliphatic rings. The minimum absolute atomic E-state index is 0.0401. The summed E-state index contributed by atoms with van der Waals surface area (Å²) in [7, 11) is 0. The van der Waals surface area contributed by atoms with Gasteiger partial charge in [-0.1, -0.05) is 41.9 Å². The van der Waals surface area contributed by atoms with Crippen LogP contribution < -0.4 is 5.32 Å². The SMILES string of the molecule is CC(C)NC(=O)c1cc(-c2ccc(-c3ccccc3Cl)o2)nc2ccccc12. The molecule has 0 saturated heterocycles. The van der Waals surface area contributed by atoms with Crippen LogP contribution in [0.5, 0.6) is 0 Å². The Kier molecular flexibility index (Phi) is 4.88. The maximum Gasteiger partial charge on any atom is 0.252 e. The quantitative estimate of drug-likeness (QED) is 0.468. The molecule has 0 unspecified atom stereocenters. The molecule has 0 saturated carbocycles. The number of rotatable bonds is 4. The summed E-state index contributed by atoms with van der Waals surface area (Å²) in [6, 6.07) is 20.6. The summed E-state index contributed by atoms with van der Waals surface area (Å²) >= 11 is 6.28. The fourth-order valence-electron chi connectivity index (χ4n) is 3.11.